The Labute approximate surface area is 152 Å². The van der Waals surface area contributed by atoms with Crippen LogP contribution < -0.4 is 25.4 Å². The quantitative estimate of drug-likeness (QED) is 0.612. The van der Waals surface area contributed by atoms with Gasteiger partial charge >= 0.3 is 6.03 Å². The molecule has 0 saturated carbocycles. The Morgan fingerprint density at radius 3 is 2.92 bits per heavy atom. The largest absolute Gasteiger partial charge is 0.454 e. The zero-order chi connectivity index (χ0) is 18.4. The van der Waals surface area contributed by atoms with Crippen LogP contribution >= 0.6 is 11.3 Å². The summed E-state index contributed by atoms with van der Waals surface area (Å²) < 4.78 is 15.3. The number of hydrogen-bond donors (Lipinski definition) is 3. The van der Waals surface area contributed by atoms with Gasteiger partial charge in [-0.3, -0.25) is 4.79 Å². The van der Waals surface area contributed by atoms with Crippen LogP contribution in [0, 0.1) is 0 Å². The van der Waals surface area contributed by atoms with Crippen molar-refractivity contribution in [3.63, 3.8) is 0 Å². The fraction of sp³-hybridized carbons (Fsp3) is 0.333. The number of benzene rings is 1. The first-order chi connectivity index (χ1) is 12.7. The first-order valence-corrected chi connectivity index (χ1v) is 8.51. The number of carbonyl (C=O) groups is 2. The molecule has 0 fully saturated rings. The molecule has 0 spiro atoms. The summed E-state index contributed by atoms with van der Waals surface area (Å²) in [5, 5.41) is 16.4. The highest BCUT2D eigenvalue weighted by Gasteiger charge is 2.17. The van der Waals surface area contributed by atoms with E-state index in [0.29, 0.717) is 35.3 Å². The molecule has 1 aromatic carbocycles. The Morgan fingerprint density at radius 1 is 1.23 bits per heavy atom. The van der Waals surface area contributed by atoms with Gasteiger partial charge in [0.25, 0.3) is 5.91 Å². The number of nitrogens with zero attached hydrogens (tertiary/aromatic N) is 2. The second-order valence-electron chi connectivity index (χ2n) is 5.13. The van der Waals surface area contributed by atoms with E-state index in [1.54, 1.807) is 25.3 Å². The molecule has 0 saturated heterocycles. The molecule has 1 aliphatic heterocycles. The first kappa shape index (κ1) is 17.9. The Bertz CT molecular complexity index is 796. The zero-order valence-corrected chi connectivity index (χ0v) is 14.7. The lowest BCUT2D eigenvalue weighted by atomic mass is 10.3. The normalized spacial score (nSPS) is 11.9. The van der Waals surface area contributed by atoms with E-state index in [1.165, 1.54) is 0 Å². The fourth-order valence-corrected chi connectivity index (χ4v) is 2.74. The maximum absolute atomic E-state index is 12.3. The molecule has 0 aliphatic carbocycles. The van der Waals surface area contributed by atoms with E-state index in [1.807, 2.05) is 0 Å². The number of hydrogen-bond acceptors (Lipinski definition) is 8. The average molecular weight is 379 g/mol. The van der Waals surface area contributed by atoms with E-state index in [2.05, 4.69) is 26.1 Å². The molecule has 1 aromatic heterocycles. The summed E-state index contributed by atoms with van der Waals surface area (Å²) in [4.78, 5) is 23.8. The van der Waals surface area contributed by atoms with Crippen LogP contribution in [-0.4, -0.2) is 49.2 Å². The maximum atomic E-state index is 12.3. The predicted octanol–water partition coefficient (Wildman–Crippen LogP) is 0.965. The summed E-state index contributed by atoms with van der Waals surface area (Å²) in [5.74, 6) is 0.817. The molecule has 0 radical (unpaired) electrons. The van der Waals surface area contributed by atoms with Gasteiger partial charge in [0.1, 0.15) is 5.01 Å². The molecule has 2 aromatic rings. The molecule has 2 heterocycles. The molecule has 1 aliphatic rings. The van der Waals surface area contributed by atoms with Gasteiger partial charge in [0.05, 0.1) is 13.2 Å². The van der Waals surface area contributed by atoms with Gasteiger partial charge in [-0.1, -0.05) is 11.3 Å². The molecule has 10 nitrogen and oxygen atoms in total. The third-order valence-corrected chi connectivity index (χ3v) is 4.21. The second-order valence-corrected chi connectivity index (χ2v) is 6.19. The minimum atomic E-state index is -0.392. The Kier molecular flexibility index (Phi) is 5.81. The van der Waals surface area contributed by atoms with Gasteiger partial charge in [0, 0.05) is 25.4 Å². The summed E-state index contributed by atoms with van der Waals surface area (Å²) in [5.41, 5.74) is 0.562. The molecule has 11 heteroatoms. The minimum Gasteiger partial charge on any atom is -0.454 e. The molecular weight excluding hydrogens is 362 g/mol. The van der Waals surface area contributed by atoms with Crippen LogP contribution in [0.2, 0.25) is 0 Å². The predicted molar refractivity (Wildman–Crippen MR) is 92.5 cm³/mol. The lowest BCUT2D eigenvalue weighted by Gasteiger charge is -2.05. The van der Waals surface area contributed by atoms with Crippen LogP contribution in [0.3, 0.4) is 0 Å². The van der Waals surface area contributed by atoms with E-state index >= 15 is 0 Å². The number of anilines is 1. The van der Waals surface area contributed by atoms with Crippen LogP contribution in [-0.2, 0) is 11.3 Å². The Hall–Kier alpha value is -2.92. The zero-order valence-electron chi connectivity index (χ0n) is 13.9. The van der Waals surface area contributed by atoms with Gasteiger partial charge < -0.3 is 30.2 Å². The molecule has 3 rings (SSSR count). The summed E-state index contributed by atoms with van der Waals surface area (Å²) in [7, 11) is 1.55. The molecule has 3 amide bonds. The Balaban J connectivity index is 1.50. The van der Waals surface area contributed by atoms with Gasteiger partial charge in [-0.05, 0) is 12.1 Å². The monoisotopic (exact) mass is 379 g/mol. The van der Waals surface area contributed by atoms with Crippen LogP contribution in [0.5, 0.6) is 11.5 Å². The summed E-state index contributed by atoms with van der Waals surface area (Å²) in [6.45, 7) is 1.17. The molecule has 3 N–H and O–H groups in total. The molecule has 26 heavy (non-hydrogen) atoms. The number of nitrogens with one attached hydrogen (secondary N) is 3. The summed E-state index contributed by atoms with van der Waals surface area (Å²) in [6, 6.07) is 4.76. The highest BCUT2D eigenvalue weighted by atomic mass is 32.1. The van der Waals surface area contributed by atoms with Crippen molar-refractivity contribution in [3.05, 3.63) is 28.2 Å². The van der Waals surface area contributed by atoms with E-state index in [9.17, 15) is 9.59 Å². The third-order valence-electron chi connectivity index (χ3n) is 3.28. The van der Waals surface area contributed by atoms with Gasteiger partial charge in [-0.2, -0.15) is 0 Å². The summed E-state index contributed by atoms with van der Waals surface area (Å²) in [6.07, 6.45) is 0. The standard InChI is InChI=1S/C15H17N5O5S/c1-23-5-4-16-15(22)17-7-12-19-20-14(26-12)13(21)18-9-2-3-10-11(6-9)25-8-24-10/h2-3,6H,4-5,7-8H2,1H3,(H,18,21)(H2,16,17,22). The average Bonchev–Trinajstić information content (AvgIpc) is 3.29. The summed E-state index contributed by atoms with van der Waals surface area (Å²) >= 11 is 1.10. The van der Waals surface area contributed by atoms with Crippen molar-refractivity contribution in [1.82, 2.24) is 20.8 Å². The topological polar surface area (TPSA) is 124 Å². The number of aromatic nitrogens is 2. The number of amides is 3. The smallest absolute Gasteiger partial charge is 0.315 e. The van der Waals surface area contributed by atoms with E-state index in [0.717, 1.165) is 11.3 Å². The minimum absolute atomic E-state index is 0.165. The highest BCUT2D eigenvalue weighted by molar-refractivity contribution is 7.13. The number of fused-ring (bicyclic) bond motifs is 1. The van der Waals surface area contributed by atoms with Crippen LogP contribution in [0.25, 0.3) is 0 Å². The van der Waals surface area contributed by atoms with Crippen molar-refractivity contribution in [2.24, 2.45) is 0 Å². The van der Waals surface area contributed by atoms with Crippen molar-refractivity contribution in [3.8, 4) is 11.5 Å². The highest BCUT2D eigenvalue weighted by Crippen LogP contribution is 2.34. The van der Waals surface area contributed by atoms with Crippen LogP contribution in [0.1, 0.15) is 14.8 Å². The number of urea groups is 1. The fourth-order valence-electron chi connectivity index (χ4n) is 2.06. The number of methoxy groups -OCH3 is 1. The van der Waals surface area contributed by atoms with Gasteiger partial charge in [0.2, 0.25) is 11.8 Å². The molecule has 0 bridgehead atoms. The molecular formula is C15H17N5O5S. The van der Waals surface area contributed by atoms with Gasteiger partial charge in [-0.15, -0.1) is 10.2 Å². The molecule has 0 unspecified atom stereocenters. The van der Waals surface area contributed by atoms with Crippen molar-refractivity contribution in [2.45, 2.75) is 6.54 Å². The number of rotatable bonds is 7. The maximum Gasteiger partial charge on any atom is 0.315 e. The van der Waals surface area contributed by atoms with Crippen LogP contribution in [0.4, 0.5) is 10.5 Å². The van der Waals surface area contributed by atoms with Gasteiger partial charge in [0.15, 0.2) is 11.5 Å². The Morgan fingerprint density at radius 2 is 2.08 bits per heavy atom. The van der Waals surface area contributed by atoms with Crippen molar-refractivity contribution >= 4 is 29.0 Å². The number of carbonyl (C=O) groups excluding carboxylic acids is 2. The van der Waals surface area contributed by atoms with Gasteiger partial charge in [-0.25, -0.2) is 4.79 Å². The van der Waals surface area contributed by atoms with E-state index in [4.69, 9.17) is 14.2 Å². The van der Waals surface area contributed by atoms with Crippen molar-refractivity contribution in [1.29, 1.82) is 0 Å². The second kappa shape index (κ2) is 8.45. The molecule has 0 atom stereocenters. The van der Waals surface area contributed by atoms with E-state index in [-0.39, 0.29) is 24.4 Å². The van der Waals surface area contributed by atoms with Crippen molar-refractivity contribution < 1.29 is 23.8 Å². The van der Waals surface area contributed by atoms with Crippen molar-refractivity contribution in [2.75, 3.05) is 32.4 Å². The first-order valence-electron chi connectivity index (χ1n) is 7.69. The number of ether oxygens (including phenoxy) is 3. The third kappa shape index (κ3) is 4.58. The van der Waals surface area contributed by atoms with Crippen LogP contribution in [0.15, 0.2) is 18.2 Å². The SMILES string of the molecule is COCCNC(=O)NCc1nnc(C(=O)Nc2ccc3c(c2)OCO3)s1. The molecule has 138 valence electrons. The van der Waals surface area contributed by atoms with E-state index < -0.39 is 5.91 Å². The lowest BCUT2D eigenvalue weighted by molar-refractivity contribution is 0.102. The lowest BCUT2D eigenvalue weighted by Crippen LogP contribution is -2.36.